The molecule has 1 atom stereocenters. The van der Waals surface area contributed by atoms with Crippen molar-refractivity contribution in [2.45, 2.75) is 32.9 Å². The van der Waals surface area contributed by atoms with Crippen LogP contribution in [-0.4, -0.2) is 34.9 Å². The molecule has 0 aliphatic rings. The van der Waals surface area contributed by atoms with Crippen LogP contribution in [0.15, 0.2) is 12.4 Å². The summed E-state index contributed by atoms with van der Waals surface area (Å²) in [6, 6.07) is -0.383. The second kappa shape index (κ2) is 7.29. The van der Waals surface area contributed by atoms with Gasteiger partial charge in [-0.3, -0.25) is 9.48 Å². The monoisotopic (exact) mass is 259 g/mol. The van der Waals surface area contributed by atoms with Gasteiger partial charge >= 0.3 is 5.97 Å². The van der Waals surface area contributed by atoms with Gasteiger partial charge in [0, 0.05) is 6.20 Å². The van der Waals surface area contributed by atoms with Crippen molar-refractivity contribution in [2.75, 3.05) is 13.2 Å². The van der Waals surface area contributed by atoms with Crippen molar-refractivity contribution >= 4 is 17.6 Å². The summed E-state index contributed by atoms with van der Waals surface area (Å²) < 4.78 is 6.64. The first kappa shape index (κ1) is 14.0. The van der Waals surface area contributed by atoms with E-state index in [0.29, 0.717) is 18.2 Å². The Morgan fingerprint density at radius 2 is 2.41 bits per heavy atom. The minimum Gasteiger partial charge on any atom is -0.465 e. The van der Waals surface area contributed by atoms with E-state index in [1.807, 2.05) is 6.92 Å². The number of halogens is 1. The van der Waals surface area contributed by atoms with E-state index >= 15 is 0 Å². The molecular formula is C11H18ClN3O2. The highest BCUT2D eigenvalue weighted by atomic mass is 35.5. The number of hydrogen-bond donors (Lipinski definition) is 1. The average Bonchev–Trinajstić information content (AvgIpc) is 2.70. The van der Waals surface area contributed by atoms with E-state index in [1.165, 1.54) is 0 Å². The first-order valence-electron chi connectivity index (χ1n) is 5.75. The molecule has 6 heteroatoms. The number of nitrogens with zero attached hydrogens (tertiary/aromatic N) is 2. The van der Waals surface area contributed by atoms with Crippen LogP contribution in [0.25, 0.3) is 0 Å². The summed E-state index contributed by atoms with van der Waals surface area (Å²) in [4.78, 5) is 11.7. The van der Waals surface area contributed by atoms with Crippen LogP contribution >= 0.6 is 11.6 Å². The lowest BCUT2D eigenvalue weighted by Gasteiger charge is -2.16. The Morgan fingerprint density at radius 1 is 1.65 bits per heavy atom. The van der Waals surface area contributed by atoms with Crippen molar-refractivity contribution in [3.8, 4) is 0 Å². The van der Waals surface area contributed by atoms with Gasteiger partial charge in [0.05, 0.1) is 24.4 Å². The lowest BCUT2D eigenvalue weighted by molar-refractivity contribution is -0.146. The fraction of sp³-hybridized carbons (Fsp3) is 0.636. The molecule has 0 fully saturated rings. The normalized spacial score (nSPS) is 12.4. The molecule has 0 saturated carbocycles. The Bertz CT molecular complexity index is 354. The molecule has 0 saturated heterocycles. The molecule has 1 heterocycles. The van der Waals surface area contributed by atoms with E-state index in [1.54, 1.807) is 24.0 Å². The van der Waals surface area contributed by atoms with Gasteiger partial charge in [-0.2, -0.15) is 5.10 Å². The Morgan fingerprint density at radius 3 is 2.94 bits per heavy atom. The Kier molecular flexibility index (Phi) is 6.00. The maximum absolute atomic E-state index is 11.7. The number of hydrogen-bond acceptors (Lipinski definition) is 4. The first-order valence-corrected chi connectivity index (χ1v) is 6.13. The van der Waals surface area contributed by atoms with Crippen LogP contribution < -0.4 is 5.32 Å². The van der Waals surface area contributed by atoms with Crippen LogP contribution in [0.4, 0.5) is 0 Å². The molecule has 0 bridgehead atoms. The van der Waals surface area contributed by atoms with Crippen LogP contribution in [-0.2, 0) is 16.1 Å². The molecule has 0 aliphatic heterocycles. The molecule has 0 amide bonds. The number of esters is 1. The first-order chi connectivity index (χ1) is 8.17. The van der Waals surface area contributed by atoms with Gasteiger partial charge in [-0.1, -0.05) is 18.5 Å². The van der Waals surface area contributed by atoms with E-state index < -0.39 is 0 Å². The van der Waals surface area contributed by atoms with Gasteiger partial charge in [-0.15, -0.1) is 0 Å². The van der Waals surface area contributed by atoms with Crippen molar-refractivity contribution in [1.82, 2.24) is 15.1 Å². The Labute approximate surface area is 106 Å². The second-order valence-corrected chi connectivity index (χ2v) is 4.08. The molecule has 5 nitrogen and oxygen atoms in total. The highest BCUT2D eigenvalue weighted by Gasteiger charge is 2.19. The third-order valence-corrected chi connectivity index (χ3v) is 2.38. The number of rotatable bonds is 7. The molecule has 1 N–H and O–H groups in total. The van der Waals surface area contributed by atoms with Gasteiger partial charge in [0.2, 0.25) is 0 Å². The number of ether oxygens (including phenoxy) is 1. The zero-order valence-corrected chi connectivity index (χ0v) is 10.9. The minimum atomic E-state index is -0.383. The molecule has 17 heavy (non-hydrogen) atoms. The van der Waals surface area contributed by atoms with Gasteiger partial charge in [0.1, 0.15) is 6.04 Å². The van der Waals surface area contributed by atoms with Gasteiger partial charge in [-0.05, 0) is 19.9 Å². The van der Waals surface area contributed by atoms with Crippen molar-refractivity contribution in [1.29, 1.82) is 0 Å². The summed E-state index contributed by atoms with van der Waals surface area (Å²) in [5.41, 5.74) is 0. The molecule has 96 valence electrons. The highest BCUT2D eigenvalue weighted by Crippen LogP contribution is 2.05. The van der Waals surface area contributed by atoms with E-state index in [9.17, 15) is 4.79 Å². The van der Waals surface area contributed by atoms with Gasteiger partial charge in [0.15, 0.2) is 0 Å². The zero-order chi connectivity index (χ0) is 12.7. The lowest BCUT2D eigenvalue weighted by Crippen LogP contribution is -2.41. The Balaban J connectivity index is 2.59. The molecule has 1 aromatic heterocycles. The molecule has 0 spiro atoms. The van der Waals surface area contributed by atoms with Gasteiger partial charge in [0.25, 0.3) is 0 Å². The van der Waals surface area contributed by atoms with Crippen molar-refractivity contribution in [2.24, 2.45) is 0 Å². The zero-order valence-electron chi connectivity index (χ0n) is 10.1. The molecule has 1 aromatic rings. The average molecular weight is 260 g/mol. The lowest BCUT2D eigenvalue weighted by atomic mass is 10.3. The van der Waals surface area contributed by atoms with E-state index in [2.05, 4.69) is 10.4 Å². The third-order valence-electron chi connectivity index (χ3n) is 2.18. The minimum absolute atomic E-state index is 0.257. The Hall–Kier alpha value is -1.07. The molecule has 0 aliphatic carbocycles. The fourth-order valence-electron chi connectivity index (χ4n) is 1.41. The number of aromatic nitrogens is 2. The molecule has 0 aromatic carbocycles. The standard InChI is InChI=1S/C11H18ClN3O2/c1-3-5-13-10(11(16)17-4-2)8-15-7-9(12)6-14-15/h6-7,10,13H,3-5,8H2,1-2H3. The van der Waals surface area contributed by atoms with Crippen LogP contribution in [0.5, 0.6) is 0 Å². The van der Waals surface area contributed by atoms with Crippen molar-refractivity contribution < 1.29 is 9.53 Å². The predicted octanol–water partition coefficient (Wildman–Crippen LogP) is 1.47. The van der Waals surface area contributed by atoms with Crippen molar-refractivity contribution in [3.63, 3.8) is 0 Å². The highest BCUT2D eigenvalue weighted by molar-refractivity contribution is 6.30. The second-order valence-electron chi connectivity index (χ2n) is 3.64. The number of carbonyl (C=O) groups is 1. The summed E-state index contributed by atoms with van der Waals surface area (Å²) in [6.45, 7) is 5.40. The number of carbonyl (C=O) groups excluding carboxylic acids is 1. The fourth-order valence-corrected chi connectivity index (χ4v) is 1.57. The molecular weight excluding hydrogens is 242 g/mol. The van der Waals surface area contributed by atoms with Crippen LogP contribution in [0.2, 0.25) is 5.02 Å². The summed E-state index contributed by atoms with van der Waals surface area (Å²) in [5, 5.41) is 7.73. The predicted molar refractivity (Wildman–Crippen MR) is 66.0 cm³/mol. The largest absolute Gasteiger partial charge is 0.465 e. The summed E-state index contributed by atoms with van der Waals surface area (Å²) in [6.07, 6.45) is 4.18. The van der Waals surface area contributed by atoms with E-state index in [4.69, 9.17) is 16.3 Å². The summed E-state index contributed by atoms with van der Waals surface area (Å²) in [5.74, 6) is -0.257. The smallest absolute Gasteiger partial charge is 0.325 e. The molecule has 1 unspecified atom stereocenters. The SMILES string of the molecule is CCCNC(Cn1cc(Cl)cn1)C(=O)OCC. The van der Waals surface area contributed by atoms with Crippen LogP contribution in [0, 0.1) is 0 Å². The van der Waals surface area contributed by atoms with Gasteiger partial charge < -0.3 is 10.1 Å². The number of nitrogens with one attached hydrogen (secondary N) is 1. The van der Waals surface area contributed by atoms with Crippen molar-refractivity contribution in [3.05, 3.63) is 17.4 Å². The van der Waals surface area contributed by atoms with E-state index in [-0.39, 0.29) is 12.0 Å². The summed E-state index contributed by atoms with van der Waals surface area (Å²) in [7, 11) is 0. The topological polar surface area (TPSA) is 56.2 Å². The van der Waals surface area contributed by atoms with Crippen LogP contribution in [0.3, 0.4) is 0 Å². The molecule has 1 rings (SSSR count). The van der Waals surface area contributed by atoms with Gasteiger partial charge in [-0.25, -0.2) is 0 Å². The quantitative estimate of drug-likeness (QED) is 0.754. The third kappa shape index (κ3) is 4.75. The van der Waals surface area contributed by atoms with Crippen LogP contribution in [0.1, 0.15) is 20.3 Å². The van der Waals surface area contributed by atoms with E-state index in [0.717, 1.165) is 13.0 Å². The molecule has 0 radical (unpaired) electrons. The summed E-state index contributed by atoms with van der Waals surface area (Å²) >= 11 is 5.77. The maximum atomic E-state index is 11.7. The maximum Gasteiger partial charge on any atom is 0.325 e.